The van der Waals surface area contributed by atoms with E-state index in [-0.39, 0.29) is 36.5 Å². The maximum atomic E-state index is 12.9. The molecule has 0 aromatic heterocycles. The Morgan fingerprint density at radius 2 is 1.60 bits per heavy atom. The number of esters is 2. The number of ether oxygens (including phenoxy) is 4. The van der Waals surface area contributed by atoms with Crippen LogP contribution in [0.1, 0.15) is 113 Å². The zero-order valence-electron chi connectivity index (χ0n) is 30.3. The van der Waals surface area contributed by atoms with Gasteiger partial charge in [-0.3, -0.25) is 9.59 Å². The SMILES string of the molecule is CC(=O)O[C@H]1C[C@@H](OCOCC[Si](C)(C)C)[C@]2(C)[C@H]3CC[C@]4(C)[C@@H]([C@H](C)CCCC(C)C)CC[C@H]4[C@@H]3C[C@@H](OC(C)=O)[C@@]2(O)C1. The first-order valence-electron chi connectivity index (χ1n) is 18.2. The Morgan fingerprint density at radius 3 is 2.22 bits per heavy atom. The summed E-state index contributed by atoms with van der Waals surface area (Å²) in [6.45, 7) is 22.5. The zero-order chi connectivity index (χ0) is 33.4. The highest BCUT2D eigenvalue weighted by molar-refractivity contribution is 6.76. The summed E-state index contributed by atoms with van der Waals surface area (Å²) in [5.41, 5.74) is -1.82. The lowest BCUT2D eigenvalue weighted by atomic mass is 9.41. The van der Waals surface area contributed by atoms with Crippen LogP contribution >= 0.6 is 0 Å². The van der Waals surface area contributed by atoms with Gasteiger partial charge in [0.05, 0.1) is 6.10 Å². The Kier molecular flexibility index (Phi) is 11.7. The molecular formula is C37H66O7Si. The van der Waals surface area contributed by atoms with Crippen molar-refractivity contribution >= 4 is 20.0 Å². The van der Waals surface area contributed by atoms with E-state index in [4.69, 9.17) is 18.9 Å². The molecule has 11 atom stereocenters. The number of carbonyl (C=O) groups excluding carboxylic acids is 2. The minimum Gasteiger partial charge on any atom is -0.462 e. The first-order valence-corrected chi connectivity index (χ1v) is 21.9. The molecule has 260 valence electrons. The lowest BCUT2D eigenvalue weighted by Crippen LogP contribution is -2.73. The minimum absolute atomic E-state index is 0.139. The van der Waals surface area contributed by atoms with Gasteiger partial charge in [-0.1, -0.05) is 73.5 Å². The molecule has 1 N–H and O–H groups in total. The van der Waals surface area contributed by atoms with Crippen LogP contribution in [-0.2, 0) is 28.5 Å². The number of hydrogen-bond acceptors (Lipinski definition) is 7. The average Bonchev–Trinajstić information content (AvgIpc) is 3.26. The van der Waals surface area contributed by atoms with E-state index >= 15 is 0 Å². The van der Waals surface area contributed by atoms with Crippen LogP contribution in [0.25, 0.3) is 0 Å². The van der Waals surface area contributed by atoms with Gasteiger partial charge in [-0.15, -0.1) is 0 Å². The molecule has 4 rings (SSSR count). The normalized spacial score (nSPS) is 40.3. The Morgan fingerprint density at radius 1 is 0.911 bits per heavy atom. The standard InChI is InChI=1S/C37H66O7Si/c1-24(2)12-11-13-25(3)30-14-15-31-29-21-34(44-27(5)39)37(40)22-28(43-26(4)38)20-33(42-23-41-18-19-45(8,9)10)36(37,7)32(29)16-17-35(30,31)6/h24-25,28-34,40H,11-23H2,1-10H3/t25-,28+,29+,30-,31+,32+,33-,34-,35-,36+,37+/m1/s1. The molecule has 0 amide bonds. The summed E-state index contributed by atoms with van der Waals surface area (Å²) in [6, 6.07) is 1.05. The van der Waals surface area contributed by atoms with Gasteiger partial charge in [0.1, 0.15) is 24.6 Å². The Labute approximate surface area is 275 Å². The fraction of sp³-hybridized carbons (Fsp3) is 0.946. The van der Waals surface area contributed by atoms with Crippen molar-refractivity contribution in [3.05, 3.63) is 0 Å². The van der Waals surface area contributed by atoms with Crippen molar-refractivity contribution in [1.29, 1.82) is 0 Å². The van der Waals surface area contributed by atoms with Gasteiger partial charge in [0.15, 0.2) is 0 Å². The Balaban J connectivity index is 1.64. The number of carbonyl (C=O) groups is 2. The fourth-order valence-corrected chi connectivity index (χ4v) is 11.5. The minimum atomic E-state index is -1.38. The summed E-state index contributed by atoms with van der Waals surface area (Å²) in [5.74, 6) is 2.45. The van der Waals surface area contributed by atoms with Crippen molar-refractivity contribution in [2.75, 3.05) is 13.4 Å². The van der Waals surface area contributed by atoms with Crippen molar-refractivity contribution in [2.24, 2.45) is 46.3 Å². The second-order valence-electron chi connectivity index (χ2n) is 17.6. The first-order chi connectivity index (χ1) is 20.9. The highest BCUT2D eigenvalue weighted by Gasteiger charge is 2.72. The van der Waals surface area contributed by atoms with E-state index in [2.05, 4.69) is 54.3 Å². The van der Waals surface area contributed by atoms with E-state index in [1.807, 2.05) is 0 Å². The molecule has 4 saturated carbocycles. The van der Waals surface area contributed by atoms with Crippen molar-refractivity contribution in [3.8, 4) is 0 Å². The molecule has 8 heteroatoms. The molecule has 0 saturated heterocycles. The van der Waals surface area contributed by atoms with Crippen LogP contribution in [0.5, 0.6) is 0 Å². The molecule has 0 bridgehead atoms. The van der Waals surface area contributed by atoms with Crippen LogP contribution in [-0.4, -0.2) is 62.4 Å². The highest BCUT2D eigenvalue weighted by atomic mass is 28.3. The second-order valence-corrected chi connectivity index (χ2v) is 23.2. The molecule has 0 heterocycles. The van der Waals surface area contributed by atoms with E-state index < -0.39 is 37.4 Å². The quantitative estimate of drug-likeness (QED) is 0.0935. The molecule has 0 aromatic rings. The van der Waals surface area contributed by atoms with Crippen LogP contribution in [0.4, 0.5) is 0 Å². The van der Waals surface area contributed by atoms with E-state index in [9.17, 15) is 14.7 Å². The number of aliphatic hydroxyl groups is 1. The van der Waals surface area contributed by atoms with Gasteiger partial charge < -0.3 is 24.1 Å². The maximum Gasteiger partial charge on any atom is 0.303 e. The fourth-order valence-electron chi connectivity index (χ4n) is 10.8. The highest BCUT2D eigenvalue weighted by Crippen LogP contribution is 2.70. The summed E-state index contributed by atoms with van der Waals surface area (Å²) >= 11 is 0. The number of fused-ring (bicyclic) bond motifs is 5. The summed E-state index contributed by atoms with van der Waals surface area (Å²) in [7, 11) is -1.25. The van der Waals surface area contributed by atoms with Crippen LogP contribution in [0.15, 0.2) is 0 Å². The lowest BCUT2D eigenvalue weighted by Gasteiger charge is -2.67. The summed E-state index contributed by atoms with van der Waals surface area (Å²) < 4.78 is 24.5. The van der Waals surface area contributed by atoms with Gasteiger partial charge in [0, 0.05) is 46.8 Å². The Bertz CT molecular complexity index is 1030. The third kappa shape index (κ3) is 7.70. The van der Waals surface area contributed by atoms with Crippen molar-refractivity contribution in [3.63, 3.8) is 0 Å². The molecule has 0 unspecified atom stereocenters. The molecule has 4 aliphatic carbocycles. The molecule has 0 radical (unpaired) electrons. The predicted octanol–water partition coefficient (Wildman–Crippen LogP) is 8.00. The Hall–Kier alpha value is -0.963. The van der Waals surface area contributed by atoms with E-state index in [1.54, 1.807) is 0 Å². The van der Waals surface area contributed by atoms with Gasteiger partial charge >= 0.3 is 11.9 Å². The van der Waals surface area contributed by atoms with Gasteiger partial charge in [-0.25, -0.2) is 0 Å². The van der Waals surface area contributed by atoms with Gasteiger partial charge in [0.2, 0.25) is 0 Å². The number of hydrogen-bond donors (Lipinski definition) is 1. The molecule has 0 aliphatic heterocycles. The summed E-state index contributed by atoms with van der Waals surface area (Å²) in [4.78, 5) is 24.7. The first kappa shape index (κ1) is 36.9. The molecule has 4 fully saturated rings. The molecule has 4 aliphatic rings. The zero-order valence-corrected chi connectivity index (χ0v) is 31.3. The molecule has 0 aromatic carbocycles. The van der Waals surface area contributed by atoms with E-state index in [1.165, 1.54) is 46.0 Å². The largest absolute Gasteiger partial charge is 0.462 e. The summed E-state index contributed by atoms with van der Waals surface area (Å²) in [5, 5.41) is 12.9. The van der Waals surface area contributed by atoms with Gasteiger partial charge in [0.25, 0.3) is 0 Å². The molecule has 0 spiro atoms. The van der Waals surface area contributed by atoms with Crippen LogP contribution in [0, 0.1) is 46.3 Å². The molecular weight excluding hydrogens is 584 g/mol. The molecule has 45 heavy (non-hydrogen) atoms. The molecule has 7 nitrogen and oxygen atoms in total. The van der Waals surface area contributed by atoms with E-state index in [0.717, 1.165) is 24.8 Å². The topological polar surface area (TPSA) is 91.3 Å². The predicted molar refractivity (Wildman–Crippen MR) is 180 cm³/mol. The summed E-state index contributed by atoms with van der Waals surface area (Å²) in [6.07, 6.45) is 8.31. The maximum absolute atomic E-state index is 12.9. The van der Waals surface area contributed by atoms with Gasteiger partial charge in [-0.05, 0) is 79.1 Å². The third-order valence-electron chi connectivity index (χ3n) is 13.0. The van der Waals surface area contributed by atoms with Crippen molar-refractivity contribution in [2.45, 2.75) is 162 Å². The smallest absolute Gasteiger partial charge is 0.303 e. The average molecular weight is 651 g/mol. The van der Waals surface area contributed by atoms with Crippen LogP contribution < -0.4 is 0 Å². The number of rotatable bonds is 13. The van der Waals surface area contributed by atoms with Crippen LogP contribution in [0.3, 0.4) is 0 Å². The third-order valence-corrected chi connectivity index (χ3v) is 14.7. The second kappa shape index (κ2) is 14.3. The van der Waals surface area contributed by atoms with Crippen molar-refractivity contribution < 1.29 is 33.6 Å². The monoisotopic (exact) mass is 650 g/mol. The van der Waals surface area contributed by atoms with Gasteiger partial charge in [-0.2, -0.15) is 0 Å². The van der Waals surface area contributed by atoms with E-state index in [0.29, 0.717) is 43.1 Å². The lowest BCUT2D eigenvalue weighted by molar-refractivity contribution is -0.312. The van der Waals surface area contributed by atoms with Crippen molar-refractivity contribution in [1.82, 2.24) is 0 Å². The van der Waals surface area contributed by atoms with Crippen LogP contribution in [0.2, 0.25) is 25.7 Å².